The van der Waals surface area contributed by atoms with Crippen LogP contribution in [0.2, 0.25) is 0 Å². The summed E-state index contributed by atoms with van der Waals surface area (Å²) in [7, 11) is 0. The molecule has 18 heavy (non-hydrogen) atoms. The zero-order valence-corrected chi connectivity index (χ0v) is 9.84. The highest BCUT2D eigenvalue weighted by molar-refractivity contribution is 6.01. The lowest BCUT2D eigenvalue weighted by Gasteiger charge is -2.02. The Labute approximate surface area is 104 Å². The lowest BCUT2D eigenvalue weighted by Crippen LogP contribution is -2.29. The van der Waals surface area contributed by atoms with Crippen molar-refractivity contribution in [2.24, 2.45) is 0 Å². The SMILES string of the molecule is Cc1ncoc1C(=O)NCC(=O)c1ccccc1. The van der Waals surface area contributed by atoms with Crippen molar-refractivity contribution < 1.29 is 14.0 Å². The van der Waals surface area contributed by atoms with E-state index >= 15 is 0 Å². The number of aromatic nitrogens is 1. The fourth-order valence-electron chi connectivity index (χ4n) is 1.49. The third-order valence-electron chi connectivity index (χ3n) is 2.46. The van der Waals surface area contributed by atoms with Gasteiger partial charge in [-0.15, -0.1) is 0 Å². The van der Waals surface area contributed by atoms with E-state index in [0.29, 0.717) is 11.3 Å². The highest BCUT2D eigenvalue weighted by atomic mass is 16.3. The maximum Gasteiger partial charge on any atom is 0.289 e. The second-order valence-electron chi connectivity index (χ2n) is 3.74. The molecule has 1 aromatic carbocycles. The number of benzene rings is 1. The van der Waals surface area contributed by atoms with E-state index in [9.17, 15) is 9.59 Å². The van der Waals surface area contributed by atoms with E-state index in [2.05, 4.69) is 10.3 Å². The average molecular weight is 244 g/mol. The largest absolute Gasteiger partial charge is 0.438 e. The summed E-state index contributed by atoms with van der Waals surface area (Å²) in [6, 6.07) is 8.78. The summed E-state index contributed by atoms with van der Waals surface area (Å²) in [6.45, 7) is 1.60. The molecule has 0 fully saturated rings. The van der Waals surface area contributed by atoms with E-state index in [4.69, 9.17) is 4.42 Å². The lowest BCUT2D eigenvalue weighted by molar-refractivity contribution is 0.0884. The number of Topliss-reactive ketones (excluding diaryl/α,β-unsaturated/α-hetero) is 1. The van der Waals surface area contributed by atoms with E-state index in [-0.39, 0.29) is 18.1 Å². The molecule has 1 heterocycles. The molecule has 1 aromatic heterocycles. The van der Waals surface area contributed by atoms with Crippen molar-refractivity contribution in [3.8, 4) is 0 Å². The Bertz CT molecular complexity index is 561. The Morgan fingerprint density at radius 2 is 2.00 bits per heavy atom. The molecular formula is C13H12N2O3. The van der Waals surface area contributed by atoms with Gasteiger partial charge in [-0.2, -0.15) is 0 Å². The summed E-state index contributed by atoms with van der Waals surface area (Å²) in [5, 5.41) is 2.50. The summed E-state index contributed by atoms with van der Waals surface area (Å²) in [6.07, 6.45) is 1.20. The Hall–Kier alpha value is -2.43. The molecule has 0 saturated heterocycles. The summed E-state index contributed by atoms with van der Waals surface area (Å²) < 4.78 is 4.93. The van der Waals surface area contributed by atoms with Crippen molar-refractivity contribution >= 4 is 11.7 Å². The van der Waals surface area contributed by atoms with Crippen LogP contribution in [0.1, 0.15) is 26.6 Å². The van der Waals surface area contributed by atoms with Crippen molar-refractivity contribution in [2.75, 3.05) is 6.54 Å². The minimum Gasteiger partial charge on any atom is -0.438 e. The second kappa shape index (κ2) is 5.27. The number of carbonyl (C=O) groups excluding carboxylic acids is 2. The van der Waals surface area contributed by atoms with Gasteiger partial charge in [0.25, 0.3) is 5.91 Å². The van der Waals surface area contributed by atoms with Gasteiger partial charge >= 0.3 is 0 Å². The predicted molar refractivity (Wildman–Crippen MR) is 64.3 cm³/mol. The fourth-order valence-corrected chi connectivity index (χ4v) is 1.49. The van der Waals surface area contributed by atoms with Gasteiger partial charge in [0.2, 0.25) is 5.76 Å². The molecular weight excluding hydrogens is 232 g/mol. The first kappa shape index (κ1) is 12.0. The molecule has 0 spiro atoms. The zero-order valence-electron chi connectivity index (χ0n) is 9.84. The van der Waals surface area contributed by atoms with Crippen LogP contribution in [0.4, 0.5) is 0 Å². The smallest absolute Gasteiger partial charge is 0.289 e. The number of aryl methyl sites for hydroxylation is 1. The minimum absolute atomic E-state index is 0.0665. The highest BCUT2D eigenvalue weighted by Crippen LogP contribution is 2.04. The molecule has 0 bridgehead atoms. The first-order valence-electron chi connectivity index (χ1n) is 5.45. The van der Waals surface area contributed by atoms with E-state index < -0.39 is 5.91 Å². The molecule has 0 atom stereocenters. The third kappa shape index (κ3) is 2.63. The Morgan fingerprint density at radius 3 is 2.61 bits per heavy atom. The standard InChI is InChI=1S/C13H12N2O3/c1-9-12(18-8-15-9)13(17)14-7-11(16)10-5-3-2-4-6-10/h2-6,8H,7H2,1H3,(H,14,17). The van der Waals surface area contributed by atoms with E-state index in [0.717, 1.165) is 0 Å². The molecule has 0 aliphatic heterocycles. The second-order valence-corrected chi connectivity index (χ2v) is 3.74. The van der Waals surface area contributed by atoms with E-state index in [1.54, 1.807) is 31.2 Å². The van der Waals surface area contributed by atoms with Crippen molar-refractivity contribution in [1.29, 1.82) is 0 Å². The number of amides is 1. The van der Waals surface area contributed by atoms with Crippen molar-refractivity contribution in [3.05, 3.63) is 53.7 Å². The maximum absolute atomic E-state index is 11.7. The van der Waals surface area contributed by atoms with Crippen molar-refractivity contribution in [2.45, 2.75) is 6.92 Å². The topological polar surface area (TPSA) is 72.2 Å². The van der Waals surface area contributed by atoms with Gasteiger partial charge in [0.15, 0.2) is 12.2 Å². The van der Waals surface area contributed by atoms with Crippen LogP contribution in [0.25, 0.3) is 0 Å². The number of hydrogen-bond acceptors (Lipinski definition) is 4. The molecule has 2 aromatic rings. The van der Waals surface area contributed by atoms with Gasteiger partial charge in [0.05, 0.1) is 12.2 Å². The third-order valence-corrected chi connectivity index (χ3v) is 2.46. The van der Waals surface area contributed by atoms with Crippen LogP contribution in [0.15, 0.2) is 41.1 Å². The zero-order chi connectivity index (χ0) is 13.0. The predicted octanol–water partition coefficient (Wildman–Crippen LogP) is 1.60. The lowest BCUT2D eigenvalue weighted by atomic mass is 10.1. The summed E-state index contributed by atoms with van der Waals surface area (Å²) in [4.78, 5) is 27.2. The van der Waals surface area contributed by atoms with Crippen molar-refractivity contribution in [3.63, 3.8) is 0 Å². The molecule has 0 radical (unpaired) electrons. The first-order chi connectivity index (χ1) is 8.68. The summed E-state index contributed by atoms with van der Waals surface area (Å²) in [5.41, 5.74) is 1.06. The van der Waals surface area contributed by atoms with Crippen LogP contribution in [0.5, 0.6) is 0 Å². The first-order valence-corrected chi connectivity index (χ1v) is 5.45. The molecule has 5 nitrogen and oxygen atoms in total. The summed E-state index contributed by atoms with van der Waals surface area (Å²) in [5.74, 6) is -0.453. The number of hydrogen-bond donors (Lipinski definition) is 1. The van der Waals surface area contributed by atoms with Crippen LogP contribution < -0.4 is 5.32 Å². The fraction of sp³-hybridized carbons (Fsp3) is 0.154. The van der Waals surface area contributed by atoms with Gasteiger partial charge in [0.1, 0.15) is 0 Å². The van der Waals surface area contributed by atoms with Gasteiger partial charge in [-0.05, 0) is 6.92 Å². The number of ketones is 1. The van der Waals surface area contributed by atoms with Crippen LogP contribution in [0, 0.1) is 6.92 Å². The quantitative estimate of drug-likeness (QED) is 0.829. The maximum atomic E-state index is 11.7. The Morgan fingerprint density at radius 1 is 1.28 bits per heavy atom. The van der Waals surface area contributed by atoms with Gasteiger partial charge < -0.3 is 9.73 Å². The molecule has 2 rings (SSSR count). The van der Waals surface area contributed by atoms with Crippen LogP contribution in [0.3, 0.4) is 0 Å². The molecule has 0 unspecified atom stereocenters. The van der Waals surface area contributed by atoms with E-state index in [1.807, 2.05) is 6.07 Å². The van der Waals surface area contributed by atoms with Gasteiger partial charge in [-0.1, -0.05) is 30.3 Å². The average Bonchev–Trinajstić information content (AvgIpc) is 2.83. The number of nitrogens with zero attached hydrogens (tertiary/aromatic N) is 1. The molecule has 5 heteroatoms. The van der Waals surface area contributed by atoms with Gasteiger partial charge in [0, 0.05) is 5.56 Å². The number of rotatable bonds is 4. The molecule has 0 aliphatic carbocycles. The molecule has 0 aliphatic rings. The normalized spacial score (nSPS) is 10.1. The highest BCUT2D eigenvalue weighted by Gasteiger charge is 2.15. The molecule has 92 valence electrons. The monoisotopic (exact) mass is 244 g/mol. The van der Waals surface area contributed by atoms with Crippen LogP contribution >= 0.6 is 0 Å². The minimum atomic E-state index is -0.436. The van der Waals surface area contributed by atoms with E-state index in [1.165, 1.54) is 6.39 Å². The van der Waals surface area contributed by atoms with Crippen LogP contribution in [-0.2, 0) is 0 Å². The molecule has 0 saturated carbocycles. The van der Waals surface area contributed by atoms with Gasteiger partial charge in [-0.25, -0.2) is 4.98 Å². The number of oxazole rings is 1. The van der Waals surface area contributed by atoms with Crippen molar-refractivity contribution in [1.82, 2.24) is 10.3 Å². The number of carbonyl (C=O) groups is 2. The molecule has 1 amide bonds. The Balaban J connectivity index is 1.95. The summed E-state index contributed by atoms with van der Waals surface area (Å²) >= 11 is 0. The van der Waals surface area contributed by atoms with Gasteiger partial charge in [-0.3, -0.25) is 9.59 Å². The van der Waals surface area contributed by atoms with Crippen LogP contribution in [-0.4, -0.2) is 23.2 Å². The molecule has 1 N–H and O–H groups in total. The number of nitrogens with one attached hydrogen (secondary N) is 1. The Kier molecular flexibility index (Phi) is 3.52.